The Morgan fingerprint density at radius 2 is 1.84 bits per heavy atom. The van der Waals surface area contributed by atoms with E-state index in [0.717, 1.165) is 26.2 Å². The molecule has 0 aromatic heterocycles. The van der Waals surface area contributed by atoms with Gasteiger partial charge >= 0.3 is 0 Å². The van der Waals surface area contributed by atoms with E-state index in [1.165, 1.54) is 36.1 Å². The van der Waals surface area contributed by atoms with Gasteiger partial charge in [-0.2, -0.15) is 0 Å². The molecule has 3 nitrogen and oxygen atoms in total. The van der Waals surface area contributed by atoms with Crippen molar-refractivity contribution in [1.82, 2.24) is 4.90 Å². The molecule has 1 aromatic rings. The first-order chi connectivity index (χ1) is 9.28. The summed E-state index contributed by atoms with van der Waals surface area (Å²) in [4.78, 5) is 15.8. The monoisotopic (exact) mass is 278 g/mol. The number of benzene rings is 1. The predicted octanol–water partition coefficient (Wildman–Crippen LogP) is 2.06. The quantitative estimate of drug-likeness (QED) is 0.773. The summed E-state index contributed by atoms with van der Waals surface area (Å²) < 4.78 is 0. The van der Waals surface area contributed by atoms with Gasteiger partial charge in [-0.1, -0.05) is 6.07 Å². The Hall–Kier alpha value is -1.22. The molecule has 0 bridgehead atoms. The lowest BCUT2D eigenvalue weighted by atomic mass is 10.1. The zero-order valence-electron chi connectivity index (χ0n) is 11.1. The molecule has 0 atom stereocenters. The number of piperazine rings is 1. The molecule has 19 heavy (non-hydrogen) atoms. The number of carbonyl (C=O) groups excluding carboxylic acids is 1. The summed E-state index contributed by atoms with van der Waals surface area (Å²) in [7, 11) is 0. The van der Waals surface area contributed by atoms with E-state index >= 15 is 0 Å². The first-order valence-corrected chi connectivity index (χ1v) is 7.52. The molecule has 1 aromatic carbocycles. The Kier molecular flexibility index (Phi) is 3.65. The van der Waals surface area contributed by atoms with Crippen LogP contribution in [0.1, 0.15) is 17.5 Å². The first kappa shape index (κ1) is 12.8. The highest BCUT2D eigenvalue weighted by molar-refractivity contribution is 6.27. The number of hydrogen-bond acceptors (Lipinski definition) is 2. The standard InChI is InChI=1S/C15H19ClN2O/c16-11-15(19)18-8-6-17(7-9-18)14-5-4-12-2-1-3-13(12)10-14/h4-5,10H,1-3,6-9,11H2. The molecular weight excluding hydrogens is 260 g/mol. The number of anilines is 1. The van der Waals surface area contributed by atoms with Crippen molar-refractivity contribution >= 4 is 23.2 Å². The molecule has 0 unspecified atom stereocenters. The van der Waals surface area contributed by atoms with Gasteiger partial charge in [0.2, 0.25) is 5.91 Å². The smallest absolute Gasteiger partial charge is 0.237 e. The summed E-state index contributed by atoms with van der Waals surface area (Å²) >= 11 is 5.60. The van der Waals surface area contributed by atoms with Crippen LogP contribution in [0.5, 0.6) is 0 Å². The minimum absolute atomic E-state index is 0.0512. The van der Waals surface area contributed by atoms with Crippen molar-refractivity contribution in [2.24, 2.45) is 0 Å². The molecule has 1 aliphatic carbocycles. The topological polar surface area (TPSA) is 23.6 Å². The molecule has 0 radical (unpaired) electrons. The number of rotatable bonds is 2. The van der Waals surface area contributed by atoms with Gasteiger partial charge in [-0.15, -0.1) is 11.6 Å². The third-order valence-electron chi connectivity index (χ3n) is 4.19. The normalized spacial score (nSPS) is 18.6. The highest BCUT2D eigenvalue weighted by Gasteiger charge is 2.21. The fourth-order valence-electron chi connectivity index (χ4n) is 3.05. The lowest BCUT2D eigenvalue weighted by Crippen LogP contribution is -2.49. The average molecular weight is 279 g/mol. The maximum atomic E-state index is 11.5. The van der Waals surface area contributed by atoms with Crippen LogP contribution in [-0.4, -0.2) is 42.9 Å². The zero-order valence-corrected chi connectivity index (χ0v) is 11.8. The number of nitrogens with zero attached hydrogens (tertiary/aromatic N) is 2. The predicted molar refractivity (Wildman–Crippen MR) is 78.0 cm³/mol. The highest BCUT2D eigenvalue weighted by atomic mass is 35.5. The van der Waals surface area contributed by atoms with E-state index < -0.39 is 0 Å². The Labute approximate surface area is 119 Å². The van der Waals surface area contributed by atoms with Crippen molar-refractivity contribution < 1.29 is 4.79 Å². The van der Waals surface area contributed by atoms with E-state index in [4.69, 9.17) is 11.6 Å². The molecule has 2 aliphatic rings. The van der Waals surface area contributed by atoms with Gasteiger partial charge in [0.15, 0.2) is 0 Å². The fourth-order valence-corrected chi connectivity index (χ4v) is 3.22. The maximum absolute atomic E-state index is 11.5. The van der Waals surface area contributed by atoms with Gasteiger partial charge in [0.1, 0.15) is 5.88 Å². The Bertz CT molecular complexity index is 481. The van der Waals surface area contributed by atoms with Crippen LogP contribution < -0.4 is 4.90 Å². The van der Waals surface area contributed by atoms with Crippen LogP contribution >= 0.6 is 11.6 Å². The van der Waals surface area contributed by atoms with Crippen LogP contribution in [0.25, 0.3) is 0 Å². The zero-order chi connectivity index (χ0) is 13.2. The van der Waals surface area contributed by atoms with Gasteiger partial charge in [0.25, 0.3) is 0 Å². The molecular formula is C15H19ClN2O. The molecule has 1 aliphatic heterocycles. The third-order valence-corrected chi connectivity index (χ3v) is 4.42. The summed E-state index contributed by atoms with van der Waals surface area (Å²) in [6.07, 6.45) is 3.73. The second-order valence-electron chi connectivity index (χ2n) is 5.31. The van der Waals surface area contributed by atoms with Crippen LogP contribution in [0, 0.1) is 0 Å². The number of amides is 1. The average Bonchev–Trinajstić information content (AvgIpc) is 2.94. The van der Waals surface area contributed by atoms with Crippen LogP contribution in [-0.2, 0) is 17.6 Å². The van der Waals surface area contributed by atoms with E-state index in [2.05, 4.69) is 23.1 Å². The lowest BCUT2D eigenvalue weighted by Gasteiger charge is -2.36. The minimum Gasteiger partial charge on any atom is -0.368 e. The number of halogens is 1. The van der Waals surface area contributed by atoms with Crippen molar-refractivity contribution in [2.45, 2.75) is 19.3 Å². The van der Waals surface area contributed by atoms with Crippen LogP contribution in [0.2, 0.25) is 0 Å². The van der Waals surface area contributed by atoms with Crippen molar-refractivity contribution in [1.29, 1.82) is 0 Å². The number of hydrogen-bond donors (Lipinski definition) is 0. The van der Waals surface area contributed by atoms with Crippen LogP contribution in [0.15, 0.2) is 18.2 Å². The van der Waals surface area contributed by atoms with Gasteiger partial charge in [0, 0.05) is 31.9 Å². The molecule has 1 saturated heterocycles. The van der Waals surface area contributed by atoms with Crippen molar-refractivity contribution in [3.05, 3.63) is 29.3 Å². The van der Waals surface area contributed by atoms with Crippen molar-refractivity contribution in [3.8, 4) is 0 Å². The maximum Gasteiger partial charge on any atom is 0.237 e. The van der Waals surface area contributed by atoms with Gasteiger partial charge in [-0.3, -0.25) is 4.79 Å². The van der Waals surface area contributed by atoms with Crippen molar-refractivity contribution in [3.63, 3.8) is 0 Å². The van der Waals surface area contributed by atoms with Gasteiger partial charge < -0.3 is 9.80 Å². The number of alkyl halides is 1. The SMILES string of the molecule is O=C(CCl)N1CCN(c2ccc3c(c2)CCC3)CC1. The van der Waals surface area contributed by atoms with E-state index in [1.54, 1.807) is 0 Å². The van der Waals surface area contributed by atoms with E-state index in [1.807, 2.05) is 4.90 Å². The van der Waals surface area contributed by atoms with Gasteiger partial charge in [-0.05, 0) is 42.5 Å². The molecule has 1 fully saturated rings. The van der Waals surface area contributed by atoms with Gasteiger partial charge in [0.05, 0.1) is 0 Å². The molecule has 4 heteroatoms. The minimum atomic E-state index is 0.0512. The molecule has 0 spiro atoms. The lowest BCUT2D eigenvalue weighted by molar-refractivity contribution is -0.128. The largest absolute Gasteiger partial charge is 0.368 e. The Balaban J connectivity index is 1.67. The van der Waals surface area contributed by atoms with Crippen LogP contribution in [0.3, 0.4) is 0 Å². The fraction of sp³-hybridized carbons (Fsp3) is 0.533. The number of carbonyl (C=O) groups is 1. The molecule has 1 heterocycles. The summed E-state index contributed by atoms with van der Waals surface area (Å²) in [6.45, 7) is 3.37. The first-order valence-electron chi connectivity index (χ1n) is 6.98. The van der Waals surface area contributed by atoms with Gasteiger partial charge in [-0.25, -0.2) is 0 Å². The highest BCUT2D eigenvalue weighted by Crippen LogP contribution is 2.27. The molecule has 102 valence electrons. The van der Waals surface area contributed by atoms with Crippen LogP contribution in [0.4, 0.5) is 5.69 Å². The Morgan fingerprint density at radius 1 is 1.11 bits per heavy atom. The van der Waals surface area contributed by atoms with E-state index in [9.17, 15) is 4.79 Å². The summed E-state index contributed by atoms with van der Waals surface area (Å²) in [5.41, 5.74) is 4.33. The molecule has 0 saturated carbocycles. The van der Waals surface area contributed by atoms with E-state index in [-0.39, 0.29) is 11.8 Å². The molecule has 1 amide bonds. The summed E-state index contributed by atoms with van der Waals surface area (Å²) in [5.74, 6) is 0.147. The van der Waals surface area contributed by atoms with E-state index in [0.29, 0.717) is 0 Å². The molecule has 0 N–H and O–H groups in total. The number of aryl methyl sites for hydroxylation is 2. The second-order valence-corrected chi connectivity index (χ2v) is 5.58. The number of fused-ring (bicyclic) bond motifs is 1. The third kappa shape index (κ3) is 2.57. The Morgan fingerprint density at radius 3 is 2.58 bits per heavy atom. The molecule has 3 rings (SSSR count). The second kappa shape index (κ2) is 5.41. The van der Waals surface area contributed by atoms with Crippen molar-refractivity contribution in [2.75, 3.05) is 37.0 Å². The summed E-state index contributed by atoms with van der Waals surface area (Å²) in [6, 6.07) is 6.83. The summed E-state index contributed by atoms with van der Waals surface area (Å²) in [5, 5.41) is 0.